The Hall–Kier alpha value is -1.22. The molecule has 0 unspecified atom stereocenters. The maximum atomic E-state index is 5.97. The molecule has 0 atom stereocenters. The molecule has 1 aliphatic rings. The second-order valence-corrected chi connectivity index (χ2v) is 5.84. The first-order valence-corrected chi connectivity index (χ1v) is 7.21. The predicted molar refractivity (Wildman–Crippen MR) is 80.9 cm³/mol. The molecule has 1 aromatic carbocycles. The molecule has 0 aliphatic heterocycles. The molecule has 0 radical (unpaired) electrons. The standard InChI is InChI=1S/C16H26N2O/c1-12-4-9-16(19-3)15(10-12)18(2)11-13-5-7-14(17)8-6-13/h4,9-10,13-14H,5-8,11,17H2,1-3H3. The number of nitrogens with zero attached hydrogens (tertiary/aromatic N) is 1. The summed E-state index contributed by atoms with van der Waals surface area (Å²) in [5.74, 6) is 1.72. The number of nitrogens with two attached hydrogens (primary N) is 1. The molecule has 2 rings (SSSR count). The Morgan fingerprint density at radius 2 is 1.95 bits per heavy atom. The monoisotopic (exact) mass is 262 g/mol. The molecule has 1 aliphatic carbocycles. The van der Waals surface area contributed by atoms with Gasteiger partial charge in [0.15, 0.2) is 0 Å². The van der Waals surface area contributed by atoms with Crippen molar-refractivity contribution in [1.82, 2.24) is 0 Å². The molecule has 19 heavy (non-hydrogen) atoms. The molecule has 0 bridgehead atoms. The van der Waals surface area contributed by atoms with Crippen molar-refractivity contribution >= 4 is 5.69 Å². The van der Waals surface area contributed by atoms with E-state index < -0.39 is 0 Å². The lowest BCUT2D eigenvalue weighted by molar-refractivity contribution is 0.329. The third-order valence-corrected chi connectivity index (χ3v) is 4.17. The van der Waals surface area contributed by atoms with E-state index in [9.17, 15) is 0 Å². The maximum absolute atomic E-state index is 5.97. The molecular formula is C16H26N2O. The van der Waals surface area contributed by atoms with Gasteiger partial charge in [0.05, 0.1) is 12.8 Å². The zero-order valence-corrected chi connectivity index (χ0v) is 12.4. The van der Waals surface area contributed by atoms with E-state index in [1.807, 2.05) is 0 Å². The highest BCUT2D eigenvalue weighted by Crippen LogP contribution is 2.31. The topological polar surface area (TPSA) is 38.5 Å². The molecule has 106 valence electrons. The van der Waals surface area contributed by atoms with Crippen LogP contribution in [0.25, 0.3) is 0 Å². The van der Waals surface area contributed by atoms with Crippen molar-refractivity contribution in [3.8, 4) is 5.75 Å². The van der Waals surface area contributed by atoms with Crippen LogP contribution in [0.5, 0.6) is 5.75 Å². The summed E-state index contributed by atoms with van der Waals surface area (Å²) < 4.78 is 5.47. The zero-order valence-electron chi connectivity index (χ0n) is 12.4. The minimum Gasteiger partial charge on any atom is -0.495 e. The first-order valence-electron chi connectivity index (χ1n) is 7.21. The minimum atomic E-state index is 0.426. The van der Waals surface area contributed by atoms with Crippen molar-refractivity contribution in [3.63, 3.8) is 0 Å². The van der Waals surface area contributed by atoms with E-state index in [0.29, 0.717) is 6.04 Å². The third kappa shape index (κ3) is 3.63. The van der Waals surface area contributed by atoms with Crippen molar-refractivity contribution in [1.29, 1.82) is 0 Å². The van der Waals surface area contributed by atoms with E-state index in [-0.39, 0.29) is 0 Å². The molecule has 2 N–H and O–H groups in total. The number of rotatable bonds is 4. The van der Waals surface area contributed by atoms with Gasteiger partial charge < -0.3 is 15.4 Å². The van der Waals surface area contributed by atoms with Crippen molar-refractivity contribution in [3.05, 3.63) is 23.8 Å². The van der Waals surface area contributed by atoms with Gasteiger partial charge in [-0.3, -0.25) is 0 Å². The van der Waals surface area contributed by atoms with Crippen LogP contribution in [0.3, 0.4) is 0 Å². The van der Waals surface area contributed by atoms with E-state index in [1.165, 1.54) is 36.9 Å². The summed E-state index contributed by atoms with van der Waals surface area (Å²) in [6.07, 6.45) is 4.84. The SMILES string of the molecule is COc1ccc(C)cc1N(C)CC1CCC(N)CC1. The molecular weight excluding hydrogens is 236 g/mol. The second-order valence-electron chi connectivity index (χ2n) is 5.84. The van der Waals surface area contributed by atoms with Crippen molar-refractivity contribution in [2.24, 2.45) is 11.7 Å². The van der Waals surface area contributed by atoms with Crippen molar-refractivity contribution in [2.75, 3.05) is 25.6 Å². The van der Waals surface area contributed by atoms with Gasteiger partial charge in [0, 0.05) is 19.6 Å². The smallest absolute Gasteiger partial charge is 0.142 e. The van der Waals surface area contributed by atoms with E-state index in [2.05, 4.69) is 37.1 Å². The molecule has 1 saturated carbocycles. The first-order chi connectivity index (χ1) is 9.10. The average molecular weight is 262 g/mol. The van der Waals surface area contributed by atoms with Crippen molar-refractivity contribution < 1.29 is 4.74 Å². The number of hydrogen-bond acceptors (Lipinski definition) is 3. The lowest BCUT2D eigenvalue weighted by Crippen LogP contribution is -2.32. The summed E-state index contributed by atoms with van der Waals surface area (Å²) in [6.45, 7) is 3.21. The Morgan fingerprint density at radius 3 is 2.58 bits per heavy atom. The van der Waals surface area contributed by atoms with Crippen LogP contribution in [-0.2, 0) is 0 Å². The number of methoxy groups -OCH3 is 1. The van der Waals surface area contributed by atoms with Gasteiger partial charge in [0.1, 0.15) is 5.75 Å². The Kier molecular flexibility index (Phi) is 4.70. The Bertz CT molecular complexity index is 411. The van der Waals surface area contributed by atoms with E-state index in [4.69, 9.17) is 10.5 Å². The summed E-state index contributed by atoms with van der Waals surface area (Å²) >= 11 is 0. The van der Waals surface area contributed by atoms with Gasteiger partial charge in [-0.2, -0.15) is 0 Å². The quantitative estimate of drug-likeness (QED) is 0.906. The molecule has 3 nitrogen and oxygen atoms in total. The fraction of sp³-hybridized carbons (Fsp3) is 0.625. The molecule has 0 spiro atoms. The molecule has 0 saturated heterocycles. The fourth-order valence-corrected chi connectivity index (χ4v) is 2.95. The summed E-state index contributed by atoms with van der Waals surface area (Å²) in [7, 11) is 3.90. The molecule has 0 aromatic heterocycles. The summed E-state index contributed by atoms with van der Waals surface area (Å²) in [4.78, 5) is 2.33. The number of benzene rings is 1. The minimum absolute atomic E-state index is 0.426. The Balaban J connectivity index is 2.03. The highest BCUT2D eigenvalue weighted by molar-refractivity contribution is 5.59. The lowest BCUT2D eigenvalue weighted by Gasteiger charge is -2.31. The fourth-order valence-electron chi connectivity index (χ4n) is 2.95. The van der Waals surface area contributed by atoms with Crippen LogP contribution in [0.1, 0.15) is 31.2 Å². The molecule has 1 aromatic rings. The number of aryl methyl sites for hydroxylation is 1. The average Bonchev–Trinajstić information content (AvgIpc) is 2.41. The van der Waals surface area contributed by atoms with Crippen LogP contribution in [0.15, 0.2) is 18.2 Å². The summed E-state index contributed by atoms with van der Waals surface area (Å²) in [6, 6.07) is 6.77. The van der Waals surface area contributed by atoms with E-state index >= 15 is 0 Å². The third-order valence-electron chi connectivity index (χ3n) is 4.17. The summed E-state index contributed by atoms with van der Waals surface area (Å²) in [5.41, 5.74) is 8.43. The largest absolute Gasteiger partial charge is 0.495 e. The number of anilines is 1. The second kappa shape index (κ2) is 6.29. The maximum Gasteiger partial charge on any atom is 0.142 e. The van der Waals surface area contributed by atoms with Crippen LogP contribution in [0.4, 0.5) is 5.69 Å². The summed E-state index contributed by atoms with van der Waals surface area (Å²) in [5, 5.41) is 0. The van der Waals surface area contributed by atoms with Gasteiger partial charge in [-0.05, 0) is 56.2 Å². The van der Waals surface area contributed by atoms with Crippen LogP contribution in [0.2, 0.25) is 0 Å². The first kappa shape index (κ1) is 14.2. The molecule has 0 heterocycles. The Morgan fingerprint density at radius 1 is 1.26 bits per heavy atom. The van der Waals surface area contributed by atoms with Crippen LogP contribution in [0, 0.1) is 12.8 Å². The Labute approximate surface area is 116 Å². The van der Waals surface area contributed by atoms with E-state index in [0.717, 1.165) is 18.2 Å². The number of hydrogen-bond donors (Lipinski definition) is 1. The van der Waals surface area contributed by atoms with Crippen molar-refractivity contribution in [2.45, 2.75) is 38.6 Å². The van der Waals surface area contributed by atoms with E-state index in [1.54, 1.807) is 7.11 Å². The zero-order chi connectivity index (χ0) is 13.8. The van der Waals surface area contributed by atoms with Gasteiger partial charge >= 0.3 is 0 Å². The van der Waals surface area contributed by atoms with Gasteiger partial charge in [0.2, 0.25) is 0 Å². The van der Waals surface area contributed by atoms with Crippen LogP contribution >= 0.6 is 0 Å². The van der Waals surface area contributed by atoms with Crippen LogP contribution in [-0.4, -0.2) is 26.7 Å². The molecule has 0 amide bonds. The van der Waals surface area contributed by atoms with Gasteiger partial charge in [-0.15, -0.1) is 0 Å². The molecule has 3 heteroatoms. The lowest BCUT2D eigenvalue weighted by atomic mass is 9.86. The van der Waals surface area contributed by atoms with Gasteiger partial charge in [0.25, 0.3) is 0 Å². The normalized spacial score (nSPS) is 23.2. The highest BCUT2D eigenvalue weighted by atomic mass is 16.5. The van der Waals surface area contributed by atoms with Crippen LogP contribution < -0.4 is 15.4 Å². The molecule has 1 fully saturated rings. The predicted octanol–water partition coefficient (Wildman–Crippen LogP) is 2.96. The highest BCUT2D eigenvalue weighted by Gasteiger charge is 2.20. The number of ether oxygens (including phenoxy) is 1. The van der Waals surface area contributed by atoms with Gasteiger partial charge in [-0.25, -0.2) is 0 Å². The van der Waals surface area contributed by atoms with Gasteiger partial charge in [-0.1, -0.05) is 6.07 Å².